The highest BCUT2D eigenvalue weighted by Crippen LogP contribution is 2.36. The number of Topliss-reactive ketones (excluding diaryl/α,β-unsaturated/α-hetero) is 1. The summed E-state index contributed by atoms with van der Waals surface area (Å²) in [7, 11) is 0. The minimum atomic E-state index is -0.790. The van der Waals surface area contributed by atoms with Crippen LogP contribution in [0.2, 0.25) is 0 Å². The van der Waals surface area contributed by atoms with E-state index in [0.29, 0.717) is 23.5 Å². The number of nitro benzene ring substituents is 1. The first-order valence-corrected chi connectivity index (χ1v) is 12.8. The maximum absolute atomic E-state index is 13.2. The molecule has 182 valence electrons. The lowest BCUT2D eigenvalue weighted by Gasteiger charge is -2.27. The number of fused-ring (bicyclic) bond motifs is 2. The topological polar surface area (TPSA) is 104 Å². The number of benzene rings is 3. The van der Waals surface area contributed by atoms with Crippen molar-refractivity contribution in [3.63, 3.8) is 0 Å². The summed E-state index contributed by atoms with van der Waals surface area (Å²) >= 11 is 2.97. The molecule has 0 fully saturated rings. The molecule has 1 atom stereocenters. The van der Waals surface area contributed by atoms with Gasteiger partial charge in [0.1, 0.15) is 5.75 Å². The number of ketones is 1. The average molecular weight is 520 g/mol. The standard InChI is InChI=1S/C26H21N3O5S2/c1-3-33-25-20(24(30)19-12-15(2)4-11-22(19)34-25)14-27-16-5-10-21-23(13-16)36-26(28-21)35-18-8-6-17(7-9-18)29(31)32/h4-14,25,27H,3H2,1-2H3/b20-14+. The van der Waals surface area contributed by atoms with Gasteiger partial charge in [0.15, 0.2) is 10.1 Å². The van der Waals surface area contributed by atoms with E-state index >= 15 is 0 Å². The van der Waals surface area contributed by atoms with Gasteiger partial charge < -0.3 is 14.8 Å². The molecule has 0 saturated heterocycles. The van der Waals surface area contributed by atoms with E-state index in [1.54, 1.807) is 24.4 Å². The van der Waals surface area contributed by atoms with Crippen LogP contribution >= 0.6 is 23.1 Å². The number of carbonyl (C=O) groups is 1. The molecular weight excluding hydrogens is 498 g/mol. The second kappa shape index (κ2) is 10.1. The van der Waals surface area contributed by atoms with Crippen molar-refractivity contribution in [3.8, 4) is 5.75 Å². The fourth-order valence-corrected chi connectivity index (χ4v) is 5.79. The first kappa shape index (κ1) is 24.0. The molecule has 0 spiro atoms. The number of nitrogens with one attached hydrogen (secondary N) is 1. The number of anilines is 1. The molecule has 0 radical (unpaired) electrons. The third kappa shape index (κ3) is 4.97. The molecule has 1 unspecified atom stereocenters. The zero-order chi connectivity index (χ0) is 25.2. The average Bonchev–Trinajstić information content (AvgIpc) is 3.26. The molecule has 8 nitrogen and oxygen atoms in total. The van der Waals surface area contributed by atoms with Crippen LogP contribution in [0.5, 0.6) is 5.75 Å². The van der Waals surface area contributed by atoms with Gasteiger partial charge in [0, 0.05) is 35.5 Å². The maximum atomic E-state index is 13.2. The Hall–Kier alpha value is -3.73. The highest BCUT2D eigenvalue weighted by Gasteiger charge is 2.32. The minimum absolute atomic E-state index is 0.0560. The second-order valence-electron chi connectivity index (χ2n) is 7.99. The number of hydrogen-bond acceptors (Lipinski definition) is 9. The summed E-state index contributed by atoms with van der Waals surface area (Å²) in [6.45, 7) is 4.19. The molecule has 4 aromatic rings. The third-order valence-electron chi connectivity index (χ3n) is 5.46. The van der Waals surface area contributed by atoms with Gasteiger partial charge in [-0.25, -0.2) is 4.98 Å². The number of aromatic nitrogens is 1. The summed E-state index contributed by atoms with van der Waals surface area (Å²) in [4.78, 5) is 29.2. The molecule has 3 aromatic carbocycles. The van der Waals surface area contributed by atoms with E-state index in [4.69, 9.17) is 9.47 Å². The van der Waals surface area contributed by atoms with Gasteiger partial charge in [-0.15, -0.1) is 11.3 Å². The van der Waals surface area contributed by atoms with Crippen LogP contribution in [0.25, 0.3) is 10.2 Å². The third-order valence-corrected chi connectivity index (χ3v) is 7.55. The zero-order valence-corrected chi connectivity index (χ0v) is 21.0. The smallest absolute Gasteiger partial charge is 0.269 e. The van der Waals surface area contributed by atoms with E-state index in [2.05, 4.69) is 10.3 Å². The molecule has 1 N–H and O–H groups in total. The van der Waals surface area contributed by atoms with E-state index in [0.717, 1.165) is 30.7 Å². The summed E-state index contributed by atoms with van der Waals surface area (Å²) in [5.41, 5.74) is 3.59. The van der Waals surface area contributed by atoms with Crippen molar-refractivity contribution >= 4 is 50.5 Å². The highest BCUT2D eigenvalue weighted by molar-refractivity contribution is 8.01. The Morgan fingerprint density at radius 2 is 2.00 bits per heavy atom. The van der Waals surface area contributed by atoms with Crippen LogP contribution in [-0.2, 0) is 4.74 Å². The Morgan fingerprint density at radius 3 is 2.75 bits per heavy atom. The summed E-state index contributed by atoms with van der Waals surface area (Å²) in [5.74, 6) is 0.386. The van der Waals surface area contributed by atoms with Gasteiger partial charge in [-0.1, -0.05) is 23.4 Å². The van der Waals surface area contributed by atoms with Crippen LogP contribution in [0.15, 0.2) is 81.7 Å². The van der Waals surface area contributed by atoms with E-state index in [9.17, 15) is 14.9 Å². The summed E-state index contributed by atoms with van der Waals surface area (Å²) in [5, 5.41) is 14.1. The van der Waals surface area contributed by atoms with Crippen molar-refractivity contribution in [1.82, 2.24) is 4.98 Å². The molecule has 1 aliphatic heterocycles. The van der Waals surface area contributed by atoms with Crippen LogP contribution in [0, 0.1) is 17.0 Å². The van der Waals surface area contributed by atoms with Gasteiger partial charge >= 0.3 is 0 Å². The van der Waals surface area contributed by atoms with Crippen molar-refractivity contribution in [2.24, 2.45) is 0 Å². The number of non-ortho nitro benzene ring substituents is 1. The number of aryl methyl sites for hydroxylation is 1. The van der Waals surface area contributed by atoms with Crippen LogP contribution in [0.3, 0.4) is 0 Å². The lowest BCUT2D eigenvalue weighted by molar-refractivity contribution is -0.384. The minimum Gasteiger partial charge on any atom is -0.460 e. The van der Waals surface area contributed by atoms with Gasteiger partial charge in [0.2, 0.25) is 6.29 Å². The molecule has 0 saturated carbocycles. The zero-order valence-electron chi connectivity index (χ0n) is 19.4. The number of carbonyl (C=O) groups excluding carboxylic acids is 1. The molecule has 2 heterocycles. The predicted molar refractivity (Wildman–Crippen MR) is 140 cm³/mol. The van der Waals surface area contributed by atoms with E-state index in [-0.39, 0.29) is 11.5 Å². The number of rotatable bonds is 7. The normalized spacial score (nSPS) is 16.1. The molecule has 0 amide bonds. The largest absolute Gasteiger partial charge is 0.460 e. The molecule has 1 aliphatic rings. The highest BCUT2D eigenvalue weighted by atomic mass is 32.2. The monoisotopic (exact) mass is 519 g/mol. The van der Waals surface area contributed by atoms with Crippen LogP contribution in [0.1, 0.15) is 22.8 Å². The lowest BCUT2D eigenvalue weighted by Crippen LogP contribution is -2.33. The van der Waals surface area contributed by atoms with E-state index in [1.807, 2.05) is 44.2 Å². The second-order valence-corrected chi connectivity index (χ2v) is 10.3. The maximum Gasteiger partial charge on any atom is 0.269 e. The Kier molecular flexibility index (Phi) is 6.73. The van der Waals surface area contributed by atoms with Crippen LogP contribution in [0.4, 0.5) is 11.4 Å². The Morgan fingerprint density at radius 1 is 1.19 bits per heavy atom. The Labute approximate surface area is 215 Å². The predicted octanol–water partition coefficient (Wildman–Crippen LogP) is 6.60. The number of nitro groups is 1. The molecule has 36 heavy (non-hydrogen) atoms. The summed E-state index contributed by atoms with van der Waals surface area (Å²) in [6.07, 6.45) is 0.852. The molecular formula is C26H21N3O5S2. The van der Waals surface area contributed by atoms with Gasteiger partial charge in [0.05, 0.1) is 26.3 Å². The molecule has 5 rings (SSSR count). The van der Waals surface area contributed by atoms with Crippen molar-refractivity contribution in [1.29, 1.82) is 0 Å². The Bertz CT molecular complexity index is 1500. The van der Waals surface area contributed by atoms with Crippen molar-refractivity contribution in [2.75, 3.05) is 11.9 Å². The fraction of sp³-hybridized carbons (Fsp3) is 0.154. The lowest BCUT2D eigenvalue weighted by atomic mass is 9.98. The van der Waals surface area contributed by atoms with Crippen molar-refractivity contribution in [2.45, 2.75) is 29.4 Å². The number of nitrogens with zero attached hydrogens (tertiary/aromatic N) is 2. The van der Waals surface area contributed by atoms with Crippen LogP contribution in [-0.4, -0.2) is 28.6 Å². The van der Waals surface area contributed by atoms with E-state index in [1.165, 1.54) is 35.2 Å². The first-order valence-electron chi connectivity index (χ1n) is 11.1. The van der Waals surface area contributed by atoms with Crippen molar-refractivity contribution < 1.29 is 19.2 Å². The molecule has 1 aromatic heterocycles. The van der Waals surface area contributed by atoms with E-state index < -0.39 is 11.2 Å². The molecule has 0 aliphatic carbocycles. The van der Waals surface area contributed by atoms with Gasteiger partial charge in [-0.05, 0) is 56.3 Å². The van der Waals surface area contributed by atoms with Crippen molar-refractivity contribution in [3.05, 3.63) is 93.7 Å². The number of thiazole rings is 1. The number of hydrogen-bond donors (Lipinski definition) is 1. The quantitative estimate of drug-likeness (QED) is 0.165. The molecule has 0 bridgehead atoms. The fourth-order valence-electron chi connectivity index (χ4n) is 3.71. The SMILES string of the molecule is CCOC1Oc2ccc(C)cc2C(=O)/C1=C\Nc1ccc2nc(Sc3ccc([N+](=O)[O-])cc3)sc2c1. The Balaban J connectivity index is 1.36. The number of ether oxygens (including phenoxy) is 2. The first-order chi connectivity index (χ1) is 17.4. The van der Waals surface area contributed by atoms with Gasteiger partial charge in [-0.3, -0.25) is 14.9 Å². The van der Waals surface area contributed by atoms with Crippen LogP contribution < -0.4 is 10.1 Å². The summed E-state index contributed by atoms with van der Waals surface area (Å²) in [6, 6.07) is 17.7. The van der Waals surface area contributed by atoms with Gasteiger partial charge in [0.25, 0.3) is 5.69 Å². The molecule has 10 heteroatoms. The van der Waals surface area contributed by atoms with Gasteiger partial charge in [-0.2, -0.15) is 0 Å². The summed E-state index contributed by atoms with van der Waals surface area (Å²) < 4.78 is 13.4.